The molecule has 2 nitrogen and oxygen atoms in total. The minimum atomic E-state index is -0.0506. The van der Waals surface area contributed by atoms with Crippen molar-refractivity contribution in [2.24, 2.45) is 0 Å². The molecule has 0 amide bonds. The van der Waals surface area contributed by atoms with E-state index in [2.05, 4.69) is 4.98 Å². The van der Waals surface area contributed by atoms with Crippen LogP contribution in [0.4, 0.5) is 0 Å². The van der Waals surface area contributed by atoms with E-state index in [0.29, 0.717) is 15.9 Å². The second kappa shape index (κ2) is 4.07. The van der Waals surface area contributed by atoms with Crippen molar-refractivity contribution in [1.82, 2.24) is 4.98 Å². The summed E-state index contributed by atoms with van der Waals surface area (Å²) in [5.41, 5.74) is 1.47. The lowest BCUT2D eigenvalue weighted by atomic mass is 10.1. The van der Waals surface area contributed by atoms with Crippen molar-refractivity contribution < 1.29 is 0 Å². The van der Waals surface area contributed by atoms with E-state index in [-0.39, 0.29) is 5.43 Å². The zero-order valence-corrected chi connectivity index (χ0v) is 10.5. The van der Waals surface area contributed by atoms with Crippen LogP contribution in [-0.4, -0.2) is 4.98 Å². The van der Waals surface area contributed by atoms with Crippen LogP contribution in [0.1, 0.15) is 5.56 Å². The number of hydrogen-bond donors (Lipinski definition) is 0. The van der Waals surface area contributed by atoms with Crippen molar-refractivity contribution in [3.8, 4) is 0 Å². The molecule has 3 heteroatoms. The first kappa shape index (κ1) is 11.2. The number of rotatable bonds is 0. The average molecular weight is 256 g/mol. The van der Waals surface area contributed by atoms with Crippen LogP contribution < -0.4 is 5.43 Å². The van der Waals surface area contributed by atoms with Gasteiger partial charge in [0, 0.05) is 22.0 Å². The van der Waals surface area contributed by atoms with Gasteiger partial charge in [0.2, 0.25) is 5.43 Å². The van der Waals surface area contributed by atoms with Crippen LogP contribution >= 0.6 is 11.6 Å². The van der Waals surface area contributed by atoms with Crippen LogP contribution in [-0.2, 0) is 0 Å². The molecule has 0 N–H and O–H groups in total. The Morgan fingerprint density at radius 2 is 1.94 bits per heavy atom. The summed E-state index contributed by atoms with van der Waals surface area (Å²) in [6.45, 7) is 1.98. The van der Waals surface area contributed by atoms with Crippen molar-refractivity contribution in [2.75, 3.05) is 0 Å². The highest BCUT2D eigenvalue weighted by Gasteiger charge is 2.06. The highest BCUT2D eigenvalue weighted by molar-refractivity contribution is 6.31. The molecule has 3 aromatic rings. The van der Waals surface area contributed by atoms with Gasteiger partial charge < -0.3 is 0 Å². The first-order chi connectivity index (χ1) is 8.66. The van der Waals surface area contributed by atoms with Gasteiger partial charge in [-0.25, -0.2) is 0 Å². The van der Waals surface area contributed by atoms with Gasteiger partial charge in [0.25, 0.3) is 0 Å². The summed E-state index contributed by atoms with van der Waals surface area (Å²) < 4.78 is 0. The van der Waals surface area contributed by atoms with Crippen molar-refractivity contribution in [3.05, 3.63) is 63.4 Å². The van der Waals surface area contributed by atoms with Gasteiger partial charge in [0.15, 0.2) is 0 Å². The van der Waals surface area contributed by atoms with Crippen LogP contribution in [0.3, 0.4) is 0 Å². The molecular formula is C15H10ClNO. The smallest absolute Gasteiger partial charge is 0.212 e. The van der Waals surface area contributed by atoms with Crippen LogP contribution in [0.25, 0.3) is 21.7 Å². The largest absolute Gasteiger partial charge is 0.287 e. The third-order valence-corrected chi connectivity index (χ3v) is 3.31. The van der Waals surface area contributed by atoms with Gasteiger partial charge in [-0.2, -0.15) is 0 Å². The molecule has 0 saturated heterocycles. The monoisotopic (exact) mass is 255 g/mol. The molecule has 0 aliphatic carbocycles. The van der Waals surface area contributed by atoms with E-state index in [1.807, 2.05) is 31.2 Å². The van der Waals surface area contributed by atoms with Crippen molar-refractivity contribution in [2.45, 2.75) is 6.92 Å². The second-order valence-corrected chi connectivity index (χ2v) is 4.72. The van der Waals surface area contributed by atoms with Gasteiger partial charge in [-0.15, -0.1) is 0 Å². The maximum absolute atomic E-state index is 12.4. The van der Waals surface area contributed by atoms with Gasteiger partial charge in [0.1, 0.15) is 5.52 Å². The topological polar surface area (TPSA) is 30.0 Å². The molecule has 0 saturated carbocycles. The van der Waals surface area contributed by atoms with Gasteiger partial charge in [-0.05, 0) is 48.2 Å². The molecule has 0 aliphatic rings. The summed E-state index contributed by atoms with van der Waals surface area (Å²) in [5, 5.41) is 3.02. The molecule has 88 valence electrons. The molecule has 18 heavy (non-hydrogen) atoms. The van der Waals surface area contributed by atoms with E-state index >= 15 is 0 Å². The summed E-state index contributed by atoms with van der Waals surface area (Å²) in [5.74, 6) is 0. The first-order valence-electron chi connectivity index (χ1n) is 5.65. The Morgan fingerprint density at radius 3 is 2.78 bits per heavy atom. The normalized spacial score (nSPS) is 11.0. The van der Waals surface area contributed by atoms with Gasteiger partial charge in [-0.3, -0.25) is 9.78 Å². The maximum atomic E-state index is 12.4. The predicted octanol–water partition coefficient (Wildman–Crippen LogP) is 3.71. The number of aryl methyl sites for hydroxylation is 1. The Bertz CT molecular complexity index is 827. The molecule has 2 aromatic carbocycles. The Morgan fingerprint density at radius 1 is 1.11 bits per heavy atom. The lowest BCUT2D eigenvalue weighted by Crippen LogP contribution is -2.00. The Kier molecular flexibility index (Phi) is 2.53. The first-order valence-corrected chi connectivity index (χ1v) is 6.02. The molecule has 1 aromatic heterocycles. The Balaban J connectivity index is 2.69. The third-order valence-electron chi connectivity index (χ3n) is 3.08. The van der Waals surface area contributed by atoms with Crippen molar-refractivity contribution in [3.63, 3.8) is 0 Å². The summed E-state index contributed by atoms with van der Waals surface area (Å²) in [6.07, 6.45) is 1.64. The summed E-state index contributed by atoms with van der Waals surface area (Å²) in [4.78, 5) is 16.6. The molecule has 3 rings (SSSR count). The minimum absolute atomic E-state index is 0.0506. The molecule has 0 fully saturated rings. The zero-order chi connectivity index (χ0) is 12.7. The number of pyridine rings is 1. The van der Waals surface area contributed by atoms with Crippen LogP contribution in [0, 0.1) is 6.92 Å². The molecule has 0 spiro atoms. The zero-order valence-electron chi connectivity index (χ0n) is 9.77. The maximum Gasteiger partial charge on any atom is 0.212 e. The fraction of sp³-hybridized carbons (Fsp3) is 0.0667. The molecule has 0 unspecified atom stereocenters. The number of aromatic nitrogens is 1. The lowest BCUT2D eigenvalue weighted by molar-refractivity contribution is 1.41. The number of nitrogens with zero attached hydrogens (tertiary/aromatic N) is 1. The van der Waals surface area contributed by atoms with Crippen LogP contribution in [0.15, 0.2) is 47.4 Å². The van der Waals surface area contributed by atoms with E-state index in [4.69, 9.17) is 11.6 Å². The van der Waals surface area contributed by atoms with Gasteiger partial charge in [-0.1, -0.05) is 17.7 Å². The van der Waals surface area contributed by atoms with Gasteiger partial charge in [0.05, 0.1) is 0 Å². The average Bonchev–Trinajstić information content (AvgIpc) is 2.47. The number of halogens is 1. The Hall–Kier alpha value is -1.93. The highest BCUT2D eigenvalue weighted by Crippen LogP contribution is 2.21. The van der Waals surface area contributed by atoms with E-state index in [1.54, 1.807) is 18.3 Å². The van der Waals surface area contributed by atoms with E-state index in [1.165, 1.54) is 0 Å². The van der Waals surface area contributed by atoms with Gasteiger partial charge >= 0.3 is 0 Å². The molecular weight excluding hydrogens is 246 g/mol. The molecule has 1 heterocycles. The van der Waals surface area contributed by atoms with E-state index in [0.717, 1.165) is 16.3 Å². The number of hydrogen-bond acceptors (Lipinski definition) is 2. The standard InChI is InChI=1S/C15H10ClNO/c1-9-7-10-3-2-6-17-14(10)15(18)12-5-4-11(16)8-13(9)12/h2-8H,1H3. The van der Waals surface area contributed by atoms with Crippen molar-refractivity contribution >= 4 is 33.3 Å². The SMILES string of the molecule is Cc1cc2cccnc2c(=O)c2ccc(Cl)cc12. The van der Waals surface area contributed by atoms with Crippen LogP contribution in [0.2, 0.25) is 5.02 Å². The number of fused-ring (bicyclic) bond motifs is 2. The van der Waals surface area contributed by atoms with Crippen molar-refractivity contribution in [1.29, 1.82) is 0 Å². The fourth-order valence-corrected chi connectivity index (χ4v) is 2.38. The predicted molar refractivity (Wildman–Crippen MR) is 75.3 cm³/mol. The molecule has 0 radical (unpaired) electrons. The number of benzene rings is 1. The highest BCUT2D eigenvalue weighted by atomic mass is 35.5. The molecule has 0 bridgehead atoms. The van der Waals surface area contributed by atoms with E-state index < -0.39 is 0 Å². The quantitative estimate of drug-likeness (QED) is 0.613. The second-order valence-electron chi connectivity index (χ2n) is 4.29. The Labute approximate surface area is 109 Å². The summed E-state index contributed by atoms with van der Waals surface area (Å²) >= 11 is 6.00. The summed E-state index contributed by atoms with van der Waals surface area (Å²) in [7, 11) is 0. The summed E-state index contributed by atoms with van der Waals surface area (Å²) in [6, 6.07) is 11.0. The molecule has 0 aliphatic heterocycles. The lowest BCUT2D eigenvalue weighted by Gasteiger charge is -1.96. The molecule has 0 atom stereocenters. The van der Waals surface area contributed by atoms with Crippen LogP contribution in [0.5, 0.6) is 0 Å². The fourth-order valence-electron chi connectivity index (χ4n) is 2.20. The van der Waals surface area contributed by atoms with E-state index in [9.17, 15) is 4.79 Å². The minimum Gasteiger partial charge on any atom is -0.287 e. The third kappa shape index (κ3) is 1.66.